The van der Waals surface area contributed by atoms with Crippen molar-refractivity contribution in [3.05, 3.63) is 23.3 Å². The first-order chi connectivity index (χ1) is 8.70. The first-order valence-electron chi connectivity index (χ1n) is 6.09. The molecule has 100 valence electrons. The van der Waals surface area contributed by atoms with Crippen LogP contribution in [0.1, 0.15) is 11.1 Å². The molecule has 5 heteroatoms. The number of aryl methyl sites for hydroxylation is 1. The highest BCUT2D eigenvalue weighted by Gasteiger charge is 2.14. The quantitative estimate of drug-likeness (QED) is 0.699. The van der Waals surface area contributed by atoms with Crippen LogP contribution in [0.2, 0.25) is 0 Å². The van der Waals surface area contributed by atoms with Gasteiger partial charge in [0.05, 0.1) is 12.7 Å². The predicted molar refractivity (Wildman–Crippen MR) is 67.0 cm³/mol. The fourth-order valence-electron chi connectivity index (χ4n) is 1.86. The molecular weight excluding hydrogens is 234 g/mol. The second-order valence-electron chi connectivity index (χ2n) is 4.39. The van der Waals surface area contributed by atoms with Crippen molar-refractivity contribution in [2.24, 2.45) is 0 Å². The molecule has 1 aromatic rings. The summed E-state index contributed by atoms with van der Waals surface area (Å²) in [6.07, 6.45) is -0.720. The summed E-state index contributed by atoms with van der Waals surface area (Å²) in [4.78, 5) is 0. The zero-order valence-electron chi connectivity index (χ0n) is 10.5. The minimum Gasteiger partial charge on any atom is -0.486 e. The summed E-state index contributed by atoms with van der Waals surface area (Å²) in [5.41, 5.74) is 2.22. The van der Waals surface area contributed by atoms with E-state index < -0.39 is 6.10 Å². The number of aliphatic hydroxyl groups is 2. The Hall–Kier alpha value is -1.30. The summed E-state index contributed by atoms with van der Waals surface area (Å²) in [5.74, 6) is 1.56. The average Bonchev–Trinajstić information content (AvgIpc) is 2.39. The monoisotopic (exact) mass is 253 g/mol. The third kappa shape index (κ3) is 3.13. The maximum atomic E-state index is 9.24. The Labute approximate surface area is 106 Å². The molecule has 1 aliphatic rings. The van der Waals surface area contributed by atoms with E-state index in [-0.39, 0.29) is 6.61 Å². The molecule has 0 saturated carbocycles. The minimum absolute atomic E-state index is 0.229. The highest BCUT2D eigenvalue weighted by molar-refractivity contribution is 5.47. The van der Waals surface area contributed by atoms with Crippen LogP contribution in [-0.2, 0) is 6.54 Å². The lowest BCUT2D eigenvalue weighted by Gasteiger charge is -2.20. The SMILES string of the molecule is Cc1cc2c(cc1CNCC(O)CO)OCCO2. The summed E-state index contributed by atoms with van der Waals surface area (Å²) in [7, 11) is 0. The van der Waals surface area contributed by atoms with E-state index in [9.17, 15) is 5.11 Å². The van der Waals surface area contributed by atoms with Crippen LogP contribution in [0.25, 0.3) is 0 Å². The third-order valence-electron chi connectivity index (χ3n) is 2.91. The molecule has 0 aliphatic carbocycles. The van der Waals surface area contributed by atoms with Gasteiger partial charge in [0.2, 0.25) is 0 Å². The van der Waals surface area contributed by atoms with Crippen molar-refractivity contribution in [3.8, 4) is 11.5 Å². The van der Waals surface area contributed by atoms with Gasteiger partial charge in [-0.2, -0.15) is 0 Å². The summed E-state index contributed by atoms with van der Waals surface area (Å²) in [6, 6.07) is 3.93. The van der Waals surface area contributed by atoms with E-state index in [1.165, 1.54) is 0 Å². The van der Waals surface area contributed by atoms with Crippen LogP contribution >= 0.6 is 0 Å². The lowest BCUT2D eigenvalue weighted by Crippen LogP contribution is -2.29. The number of benzene rings is 1. The van der Waals surface area contributed by atoms with Gasteiger partial charge in [0, 0.05) is 13.1 Å². The number of aliphatic hydroxyl groups excluding tert-OH is 2. The largest absolute Gasteiger partial charge is 0.486 e. The van der Waals surface area contributed by atoms with Crippen molar-refractivity contribution < 1.29 is 19.7 Å². The van der Waals surface area contributed by atoms with Gasteiger partial charge in [-0.3, -0.25) is 0 Å². The Morgan fingerprint density at radius 3 is 2.61 bits per heavy atom. The van der Waals surface area contributed by atoms with Crippen molar-refractivity contribution in [2.75, 3.05) is 26.4 Å². The predicted octanol–water partition coefficient (Wildman–Crippen LogP) is 0.209. The van der Waals surface area contributed by atoms with Gasteiger partial charge in [-0.25, -0.2) is 0 Å². The first kappa shape index (κ1) is 13.1. The van der Waals surface area contributed by atoms with E-state index in [1.54, 1.807) is 0 Å². The number of fused-ring (bicyclic) bond motifs is 1. The molecule has 2 rings (SSSR count). The Morgan fingerprint density at radius 2 is 1.94 bits per heavy atom. The maximum absolute atomic E-state index is 9.24. The van der Waals surface area contributed by atoms with Gasteiger partial charge < -0.3 is 25.0 Å². The highest BCUT2D eigenvalue weighted by atomic mass is 16.6. The number of nitrogens with one attached hydrogen (secondary N) is 1. The second-order valence-corrected chi connectivity index (χ2v) is 4.39. The van der Waals surface area contributed by atoms with Crippen molar-refractivity contribution in [2.45, 2.75) is 19.6 Å². The zero-order chi connectivity index (χ0) is 13.0. The molecular formula is C13H19NO4. The van der Waals surface area contributed by atoms with E-state index in [0.717, 1.165) is 22.6 Å². The van der Waals surface area contributed by atoms with E-state index in [2.05, 4.69) is 5.32 Å². The zero-order valence-corrected chi connectivity index (χ0v) is 10.5. The van der Waals surface area contributed by atoms with Crippen LogP contribution in [0.4, 0.5) is 0 Å². The molecule has 1 heterocycles. The molecule has 0 fully saturated rings. The van der Waals surface area contributed by atoms with Crippen molar-refractivity contribution >= 4 is 0 Å². The summed E-state index contributed by atoms with van der Waals surface area (Å²) in [6.45, 7) is 3.94. The number of rotatable bonds is 5. The normalized spacial score (nSPS) is 15.5. The standard InChI is InChI=1S/C13H19NO4/c1-9-4-12-13(18-3-2-17-12)5-10(9)6-14-7-11(16)8-15/h4-5,11,14-16H,2-3,6-8H2,1H3. The van der Waals surface area contributed by atoms with Crippen LogP contribution in [-0.4, -0.2) is 42.7 Å². The molecule has 5 nitrogen and oxygen atoms in total. The lowest BCUT2D eigenvalue weighted by atomic mass is 10.1. The average molecular weight is 253 g/mol. The highest BCUT2D eigenvalue weighted by Crippen LogP contribution is 2.32. The Balaban J connectivity index is 2.00. The molecule has 1 aliphatic heterocycles. The second kappa shape index (κ2) is 6.04. The van der Waals surface area contributed by atoms with Crippen LogP contribution in [0.15, 0.2) is 12.1 Å². The van der Waals surface area contributed by atoms with Gasteiger partial charge in [-0.1, -0.05) is 0 Å². The van der Waals surface area contributed by atoms with Crippen molar-refractivity contribution in [1.29, 1.82) is 0 Å². The van der Waals surface area contributed by atoms with Crippen molar-refractivity contribution in [3.63, 3.8) is 0 Å². The molecule has 0 radical (unpaired) electrons. The fourth-order valence-corrected chi connectivity index (χ4v) is 1.86. The van der Waals surface area contributed by atoms with E-state index in [4.69, 9.17) is 14.6 Å². The Morgan fingerprint density at radius 1 is 1.28 bits per heavy atom. The molecule has 0 spiro atoms. The number of ether oxygens (including phenoxy) is 2. The molecule has 0 aromatic heterocycles. The number of hydrogen-bond acceptors (Lipinski definition) is 5. The molecule has 1 unspecified atom stereocenters. The van der Waals surface area contributed by atoms with Crippen molar-refractivity contribution in [1.82, 2.24) is 5.32 Å². The van der Waals surface area contributed by atoms with Crippen LogP contribution in [0.3, 0.4) is 0 Å². The van der Waals surface area contributed by atoms with Crippen LogP contribution in [0, 0.1) is 6.92 Å². The molecule has 0 saturated heterocycles. The van der Waals surface area contributed by atoms with E-state index in [1.807, 2.05) is 19.1 Å². The molecule has 0 amide bonds. The van der Waals surface area contributed by atoms with E-state index in [0.29, 0.717) is 26.3 Å². The van der Waals surface area contributed by atoms with Gasteiger partial charge in [0.25, 0.3) is 0 Å². The minimum atomic E-state index is -0.720. The molecule has 1 atom stereocenters. The molecule has 3 N–H and O–H groups in total. The molecule has 0 bridgehead atoms. The van der Waals surface area contributed by atoms with Gasteiger partial charge in [0.15, 0.2) is 11.5 Å². The fraction of sp³-hybridized carbons (Fsp3) is 0.538. The Bertz CT molecular complexity index is 408. The number of hydrogen-bond donors (Lipinski definition) is 3. The van der Waals surface area contributed by atoms with Crippen LogP contribution in [0.5, 0.6) is 11.5 Å². The van der Waals surface area contributed by atoms with Gasteiger partial charge in [0.1, 0.15) is 13.2 Å². The topological polar surface area (TPSA) is 71.0 Å². The third-order valence-corrected chi connectivity index (χ3v) is 2.91. The first-order valence-corrected chi connectivity index (χ1v) is 6.09. The molecule has 1 aromatic carbocycles. The Kier molecular flexibility index (Phi) is 4.41. The summed E-state index contributed by atoms with van der Waals surface area (Å²) < 4.78 is 11.0. The van der Waals surface area contributed by atoms with Gasteiger partial charge in [-0.15, -0.1) is 0 Å². The van der Waals surface area contributed by atoms with E-state index >= 15 is 0 Å². The summed E-state index contributed by atoms with van der Waals surface area (Å²) >= 11 is 0. The molecule has 18 heavy (non-hydrogen) atoms. The van der Waals surface area contributed by atoms with Gasteiger partial charge >= 0.3 is 0 Å². The maximum Gasteiger partial charge on any atom is 0.161 e. The van der Waals surface area contributed by atoms with Gasteiger partial charge in [-0.05, 0) is 30.2 Å². The smallest absolute Gasteiger partial charge is 0.161 e. The van der Waals surface area contributed by atoms with Crippen LogP contribution < -0.4 is 14.8 Å². The summed E-state index contributed by atoms with van der Waals surface area (Å²) in [5, 5.41) is 21.1. The lowest BCUT2D eigenvalue weighted by molar-refractivity contribution is 0.0942.